The summed E-state index contributed by atoms with van der Waals surface area (Å²) in [5, 5.41) is 0. The number of amides is 1. The molecular formula is C21H37NO2. The zero-order valence-corrected chi connectivity index (χ0v) is 15.9. The molecule has 0 saturated carbocycles. The smallest absolute Gasteiger partial charge is 0.289 e. The van der Waals surface area contributed by atoms with Crippen LogP contribution in [0.25, 0.3) is 0 Å². The van der Waals surface area contributed by atoms with Crippen LogP contribution in [-0.4, -0.2) is 23.9 Å². The number of hydrogen-bond donors (Lipinski definition) is 0. The molecule has 0 saturated heterocycles. The summed E-state index contributed by atoms with van der Waals surface area (Å²) in [5.74, 6) is 0.516. The predicted molar refractivity (Wildman–Crippen MR) is 101 cm³/mol. The number of carbonyl (C=O) groups excluding carboxylic acids is 1. The fourth-order valence-corrected chi connectivity index (χ4v) is 3.01. The molecule has 0 N–H and O–H groups in total. The Morgan fingerprint density at radius 3 is 1.92 bits per heavy atom. The van der Waals surface area contributed by atoms with Crippen molar-refractivity contribution in [3.63, 3.8) is 0 Å². The fraction of sp³-hybridized carbons (Fsp3) is 0.762. The van der Waals surface area contributed by atoms with E-state index in [1.54, 1.807) is 18.4 Å². The molecule has 0 bridgehead atoms. The van der Waals surface area contributed by atoms with Gasteiger partial charge < -0.3 is 9.32 Å². The largest absolute Gasteiger partial charge is 0.459 e. The van der Waals surface area contributed by atoms with Crippen LogP contribution in [0.2, 0.25) is 0 Å². The molecule has 0 spiro atoms. The molecule has 3 nitrogen and oxygen atoms in total. The van der Waals surface area contributed by atoms with Crippen LogP contribution in [0.1, 0.15) is 101 Å². The highest BCUT2D eigenvalue weighted by Gasteiger charge is 2.17. The van der Waals surface area contributed by atoms with E-state index in [9.17, 15) is 4.79 Å². The van der Waals surface area contributed by atoms with Gasteiger partial charge in [-0.3, -0.25) is 4.79 Å². The van der Waals surface area contributed by atoms with E-state index in [4.69, 9.17) is 4.42 Å². The Morgan fingerprint density at radius 2 is 1.38 bits per heavy atom. The SMILES string of the molecule is CCCCCCCCCCCCN(CCCC)C(=O)c1ccco1. The first-order chi connectivity index (χ1) is 11.8. The van der Waals surface area contributed by atoms with Crippen molar-refractivity contribution in [3.05, 3.63) is 24.2 Å². The lowest BCUT2D eigenvalue weighted by molar-refractivity contribution is 0.0718. The molecule has 0 radical (unpaired) electrons. The average Bonchev–Trinajstić information content (AvgIpc) is 3.13. The highest BCUT2D eigenvalue weighted by molar-refractivity contribution is 5.91. The Bertz CT molecular complexity index is 400. The van der Waals surface area contributed by atoms with E-state index in [2.05, 4.69) is 13.8 Å². The van der Waals surface area contributed by atoms with Gasteiger partial charge in [-0.05, 0) is 25.0 Å². The van der Waals surface area contributed by atoms with Crippen molar-refractivity contribution in [1.29, 1.82) is 0 Å². The summed E-state index contributed by atoms with van der Waals surface area (Å²) < 4.78 is 5.26. The third-order valence-corrected chi connectivity index (χ3v) is 4.58. The lowest BCUT2D eigenvalue weighted by atomic mass is 10.1. The third kappa shape index (κ3) is 9.14. The van der Waals surface area contributed by atoms with Gasteiger partial charge in [-0.15, -0.1) is 0 Å². The van der Waals surface area contributed by atoms with Gasteiger partial charge in [0, 0.05) is 13.1 Å². The van der Waals surface area contributed by atoms with E-state index < -0.39 is 0 Å². The summed E-state index contributed by atoms with van der Waals surface area (Å²) in [4.78, 5) is 14.4. The van der Waals surface area contributed by atoms with Crippen molar-refractivity contribution in [2.45, 2.75) is 90.9 Å². The zero-order chi connectivity index (χ0) is 17.5. The Kier molecular flexibility index (Phi) is 12.2. The normalized spacial score (nSPS) is 10.9. The Balaban J connectivity index is 2.13. The molecule has 24 heavy (non-hydrogen) atoms. The van der Waals surface area contributed by atoms with E-state index in [1.807, 2.05) is 4.90 Å². The standard InChI is InChI=1S/C21H37NO2/c1-3-5-7-8-9-10-11-12-13-14-18-22(17-6-4-2)21(23)20-16-15-19-24-20/h15-16,19H,3-14,17-18H2,1-2H3. The van der Waals surface area contributed by atoms with Crippen molar-refractivity contribution >= 4 is 5.91 Å². The summed E-state index contributed by atoms with van der Waals surface area (Å²) in [6, 6.07) is 3.55. The molecular weight excluding hydrogens is 298 g/mol. The maximum absolute atomic E-state index is 12.4. The minimum atomic E-state index is 0.0457. The molecule has 0 fully saturated rings. The van der Waals surface area contributed by atoms with Crippen LogP contribution in [0, 0.1) is 0 Å². The van der Waals surface area contributed by atoms with Crippen LogP contribution >= 0.6 is 0 Å². The zero-order valence-electron chi connectivity index (χ0n) is 15.9. The Hall–Kier alpha value is -1.25. The Labute approximate surface area is 148 Å². The molecule has 138 valence electrons. The van der Waals surface area contributed by atoms with Gasteiger partial charge in [0.05, 0.1) is 6.26 Å². The van der Waals surface area contributed by atoms with E-state index in [0.717, 1.165) is 32.4 Å². The van der Waals surface area contributed by atoms with Crippen molar-refractivity contribution in [3.8, 4) is 0 Å². The highest BCUT2D eigenvalue weighted by atomic mass is 16.3. The number of nitrogens with zero attached hydrogens (tertiary/aromatic N) is 1. The van der Waals surface area contributed by atoms with Crippen molar-refractivity contribution in [2.75, 3.05) is 13.1 Å². The number of furan rings is 1. The lowest BCUT2D eigenvalue weighted by Crippen LogP contribution is -2.32. The third-order valence-electron chi connectivity index (χ3n) is 4.58. The topological polar surface area (TPSA) is 33.5 Å². The molecule has 3 heteroatoms. The van der Waals surface area contributed by atoms with Gasteiger partial charge in [-0.2, -0.15) is 0 Å². The van der Waals surface area contributed by atoms with E-state index in [-0.39, 0.29) is 5.91 Å². The van der Waals surface area contributed by atoms with Crippen LogP contribution < -0.4 is 0 Å². The maximum atomic E-state index is 12.4. The summed E-state index contributed by atoms with van der Waals surface area (Å²) in [6.07, 6.45) is 17.0. The van der Waals surface area contributed by atoms with Crippen molar-refractivity contribution in [1.82, 2.24) is 4.90 Å². The quantitative estimate of drug-likeness (QED) is 0.345. The summed E-state index contributed by atoms with van der Waals surface area (Å²) >= 11 is 0. The summed E-state index contributed by atoms with van der Waals surface area (Å²) in [7, 11) is 0. The lowest BCUT2D eigenvalue weighted by Gasteiger charge is -2.21. The molecule has 1 heterocycles. The first kappa shape index (κ1) is 20.8. The van der Waals surface area contributed by atoms with Gasteiger partial charge in [0.2, 0.25) is 0 Å². The molecule has 0 atom stereocenters. The molecule has 0 aliphatic carbocycles. The Morgan fingerprint density at radius 1 is 0.833 bits per heavy atom. The molecule has 1 aromatic heterocycles. The van der Waals surface area contributed by atoms with Gasteiger partial charge in [-0.25, -0.2) is 0 Å². The average molecular weight is 336 g/mol. The van der Waals surface area contributed by atoms with Crippen LogP contribution in [-0.2, 0) is 0 Å². The fourth-order valence-electron chi connectivity index (χ4n) is 3.01. The molecule has 1 aromatic rings. The monoisotopic (exact) mass is 335 g/mol. The minimum Gasteiger partial charge on any atom is -0.459 e. The first-order valence-electron chi connectivity index (χ1n) is 10.1. The molecule has 0 aliphatic rings. The first-order valence-corrected chi connectivity index (χ1v) is 10.1. The summed E-state index contributed by atoms with van der Waals surface area (Å²) in [5.41, 5.74) is 0. The van der Waals surface area contributed by atoms with Crippen LogP contribution in [0.15, 0.2) is 22.8 Å². The second-order valence-electron chi connectivity index (χ2n) is 6.81. The summed E-state index contributed by atoms with van der Waals surface area (Å²) in [6.45, 7) is 6.12. The minimum absolute atomic E-state index is 0.0457. The van der Waals surface area contributed by atoms with Crippen molar-refractivity contribution in [2.24, 2.45) is 0 Å². The molecule has 1 amide bonds. The van der Waals surface area contributed by atoms with E-state index in [0.29, 0.717) is 5.76 Å². The molecule has 0 unspecified atom stereocenters. The van der Waals surface area contributed by atoms with Gasteiger partial charge >= 0.3 is 0 Å². The second kappa shape index (κ2) is 14.1. The predicted octanol–water partition coefficient (Wildman–Crippen LogP) is 6.44. The van der Waals surface area contributed by atoms with Gasteiger partial charge in [-0.1, -0.05) is 78.1 Å². The highest BCUT2D eigenvalue weighted by Crippen LogP contribution is 2.12. The number of hydrogen-bond acceptors (Lipinski definition) is 2. The van der Waals surface area contributed by atoms with E-state index in [1.165, 1.54) is 57.8 Å². The van der Waals surface area contributed by atoms with Crippen molar-refractivity contribution < 1.29 is 9.21 Å². The van der Waals surface area contributed by atoms with Crippen LogP contribution in [0.5, 0.6) is 0 Å². The molecule has 0 aliphatic heterocycles. The molecule has 0 aromatic carbocycles. The maximum Gasteiger partial charge on any atom is 0.289 e. The number of rotatable bonds is 15. The van der Waals surface area contributed by atoms with Gasteiger partial charge in [0.15, 0.2) is 5.76 Å². The van der Waals surface area contributed by atoms with Crippen LogP contribution in [0.4, 0.5) is 0 Å². The van der Waals surface area contributed by atoms with Crippen LogP contribution in [0.3, 0.4) is 0 Å². The van der Waals surface area contributed by atoms with Gasteiger partial charge in [0.1, 0.15) is 0 Å². The van der Waals surface area contributed by atoms with Gasteiger partial charge in [0.25, 0.3) is 5.91 Å². The van der Waals surface area contributed by atoms with E-state index >= 15 is 0 Å². The number of unbranched alkanes of at least 4 members (excludes halogenated alkanes) is 10. The second-order valence-corrected chi connectivity index (χ2v) is 6.81. The number of carbonyl (C=O) groups is 1. The molecule has 1 rings (SSSR count).